The van der Waals surface area contributed by atoms with Crippen molar-refractivity contribution >= 4 is 11.8 Å². The van der Waals surface area contributed by atoms with E-state index < -0.39 is 12.3 Å². The predicted octanol–water partition coefficient (Wildman–Crippen LogP) is -0.735. The molecule has 6 heteroatoms. The number of amides is 2. The Balaban J connectivity index is 2.10. The molecular weight excluding hydrogens is 234 g/mol. The molecule has 0 aliphatic carbocycles. The van der Waals surface area contributed by atoms with Gasteiger partial charge in [-0.25, -0.2) is 0 Å². The standard InChI is InChI=1S/C12H21N3O3/c1-8-4-5-10(16)15(8)12(18)9-3-2-6-14(9)11(17)7-13/h8-10,16H,2-7,13H2,1H3/t8-,9-,10?/m1/s1. The van der Waals surface area contributed by atoms with Gasteiger partial charge in [0, 0.05) is 12.6 Å². The van der Waals surface area contributed by atoms with Gasteiger partial charge in [-0.3, -0.25) is 9.59 Å². The maximum absolute atomic E-state index is 12.4. The average molecular weight is 255 g/mol. The molecule has 2 rings (SSSR count). The lowest BCUT2D eigenvalue weighted by atomic mass is 10.1. The number of nitrogens with zero attached hydrogens (tertiary/aromatic N) is 2. The Bertz CT molecular complexity index is 337. The summed E-state index contributed by atoms with van der Waals surface area (Å²) in [4.78, 5) is 27.2. The molecule has 0 saturated carbocycles. The smallest absolute Gasteiger partial charge is 0.247 e. The minimum atomic E-state index is -0.706. The summed E-state index contributed by atoms with van der Waals surface area (Å²) in [6, 6.07) is -0.390. The summed E-state index contributed by atoms with van der Waals surface area (Å²) in [5, 5.41) is 9.85. The second-order valence-electron chi connectivity index (χ2n) is 5.10. The van der Waals surface area contributed by atoms with Gasteiger partial charge in [0.2, 0.25) is 11.8 Å². The molecule has 2 heterocycles. The molecule has 102 valence electrons. The molecule has 0 aromatic heterocycles. The number of rotatable bonds is 2. The lowest BCUT2D eigenvalue weighted by molar-refractivity contribution is -0.150. The van der Waals surface area contributed by atoms with E-state index in [1.807, 2.05) is 6.92 Å². The summed E-state index contributed by atoms with van der Waals surface area (Å²) in [5.74, 6) is -0.320. The van der Waals surface area contributed by atoms with Crippen molar-refractivity contribution < 1.29 is 14.7 Å². The summed E-state index contributed by atoms with van der Waals surface area (Å²) >= 11 is 0. The molecule has 0 spiro atoms. The summed E-state index contributed by atoms with van der Waals surface area (Å²) in [5.41, 5.74) is 5.36. The maximum Gasteiger partial charge on any atom is 0.247 e. The van der Waals surface area contributed by atoms with E-state index in [0.717, 1.165) is 12.8 Å². The van der Waals surface area contributed by atoms with Crippen LogP contribution in [-0.2, 0) is 9.59 Å². The Labute approximate surface area is 107 Å². The van der Waals surface area contributed by atoms with Crippen LogP contribution in [0.25, 0.3) is 0 Å². The van der Waals surface area contributed by atoms with Gasteiger partial charge < -0.3 is 20.6 Å². The zero-order chi connectivity index (χ0) is 13.3. The molecule has 3 N–H and O–H groups in total. The number of carbonyl (C=O) groups excluding carboxylic acids is 2. The zero-order valence-electron chi connectivity index (χ0n) is 10.7. The SMILES string of the molecule is C[C@@H]1CCC(O)N1C(=O)[C@H]1CCCN1C(=O)CN. The number of hydrogen-bond donors (Lipinski definition) is 2. The molecule has 2 fully saturated rings. The van der Waals surface area contributed by atoms with E-state index in [2.05, 4.69) is 0 Å². The molecule has 0 bridgehead atoms. The van der Waals surface area contributed by atoms with Crippen LogP contribution in [-0.4, -0.2) is 58.1 Å². The highest BCUT2D eigenvalue weighted by atomic mass is 16.3. The molecular formula is C12H21N3O3. The fraction of sp³-hybridized carbons (Fsp3) is 0.833. The molecule has 2 aliphatic rings. The highest BCUT2D eigenvalue weighted by Gasteiger charge is 2.41. The molecule has 18 heavy (non-hydrogen) atoms. The number of carbonyl (C=O) groups is 2. The van der Waals surface area contributed by atoms with Gasteiger partial charge in [-0.1, -0.05) is 0 Å². The Morgan fingerprint density at radius 3 is 2.61 bits per heavy atom. The van der Waals surface area contributed by atoms with Gasteiger partial charge >= 0.3 is 0 Å². The minimum absolute atomic E-state index is 0.0444. The quantitative estimate of drug-likeness (QED) is 0.681. The van der Waals surface area contributed by atoms with E-state index in [-0.39, 0.29) is 24.4 Å². The van der Waals surface area contributed by atoms with E-state index in [1.54, 1.807) is 4.90 Å². The highest BCUT2D eigenvalue weighted by molar-refractivity contribution is 5.89. The van der Waals surface area contributed by atoms with E-state index in [4.69, 9.17) is 5.73 Å². The van der Waals surface area contributed by atoms with Gasteiger partial charge in [0.1, 0.15) is 12.3 Å². The van der Waals surface area contributed by atoms with Crippen molar-refractivity contribution in [3.63, 3.8) is 0 Å². The van der Waals surface area contributed by atoms with Crippen molar-refractivity contribution in [1.82, 2.24) is 9.80 Å². The number of aliphatic hydroxyl groups is 1. The number of nitrogens with two attached hydrogens (primary N) is 1. The molecule has 0 aromatic carbocycles. The fourth-order valence-electron chi connectivity index (χ4n) is 2.94. The first-order chi connectivity index (χ1) is 8.56. The second kappa shape index (κ2) is 5.24. The van der Waals surface area contributed by atoms with Crippen molar-refractivity contribution in [2.45, 2.75) is 50.9 Å². The van der Waals surface area contributed by atoms with Gasteiger partial charge in [0.05, 0.1) is 6.54 Å². The lowest BCUT2D eigenvalue weighted by Gasteiger charge is -2.31. The van der Waals surface area contributed by atoms with Gasteiger partial charge in [0.15, 0.2) is 0 Å². The first kappa shape index (κ1) is 13.3. The summed E-state index contributed by atoms with van der Waals surface area (Å²) in [6.07, 6.45) is 2.21. The van der Waals surface area contributed by atoms with Crippen molar-refractivity contribution in [2.75, 3.05) is 13.1 Å². The molecule has 2 aliphatic heterocycles. The van der Waals surface area contributed by atoms with Gasteiger partial charge in [-0.05, 0) is 32.6 Å². The zero-order valence-corrected chi connectivity index (χ0v) is 10.7. The Morgan fingerprint density at radius 1 is 1.33 bits per heavy atom. The van der Waals surface area contributed by atoms with Crippen molar-refractivity contribution in [1.29, 1.82) is 0 Å². The molecule has 6 nitrogen and oxygen atoms in total. The molecule has 0 aromatic rings. The van der Waals surface area contributed by atoms with Crippen LogP contribution < -0.4 is 5.73 Å². The third kappa shape index (κ3) is 2.22. The van der Waals surface area contributed by atoms with E-state index in [1.165, 1.54) is 4.90 Å². The summed E-state index contributed by atoms with van der Waals surface area (Å²) in [6.45, 7) is 2.45. The third-order valence-electron chi connectivity index (χ3n) is 3.93. The maximum atomic E-state index is 12.4. The van der Waals surface area contributed by atoms with E-state index in [0.29, 0.717) is 19.4 Å². The topological polar surface area (TPSA) is 86.9 Å². The van der Waals surface area contributed by atoms with Crippen LogP contribution in [0.5, 0.6) is 0 Å². The van der Waals surface area contributed by atoms with Crippen LogP contribution in [0.4, 0.5) is 0 Å². The molecule has 2 amide bonds. The number of aliphatic hydroxyl groups excluding tert-OH is 1. The third-order valence-corrected chi connectivity index (χ3v) is 3.93. The lowest BCUT2D eigenvalue weighted by Crippen LogP contribution is -2.52. The Morgan fingerprint density at radius 2 is 2.06 bits per heavy atom. The van der Waals surface area contributed by atoms with Crippen LogP contribution in [0.15, 0.2) is 0 Å². The first-order valence-corrected chi connectivity index (χ1v) is 6.56. The largest absolute Gasteiger partial charge is 0.374 e. The van der Waals surface area contributed by atoms with Crippen LogP contribution in [0.1, 0.15) is 32.6 Å². The monoisotopic (exact) mass is 255 g/mol. The van der Waals surface area contributed by atoms with Gasteiger partial charge in [0.25, 0.3) is 0 Å². The van der Waals surface area contributed by atoms with Crippen LogP contribution in [0, 0.1) is 0 Å². The average Bonchev–Trinajstić information content (AvgIpc) is 2.95. The number of likely N-dealkylation sites (tertiary alicyclic amines) is 2. The normalized spacial score (nSPS) is 32.1. The molecule has 1 unspecified atom stereocenters. The van der Waals surface area contributed by atoms with Gasteiger partial charge in [-0.15, -0.1) is 0 Å². The number of hydrogen-bond acceptors (Lipinski definition) is 4. The van der Waals surface area contributed by atoms with Crippen molar-refractivity contribution in [3.05, 3.63) is 0 Å². The summed E-state index contributed by atoms with van der Waals surface area (Å²) in [7, 11) is 0. The van der Waals surface area contributed by atoms with E-state index >= 15 is 0 Å². The summed E-state index contributed by atoms with van der Waals surface area (Å²) < 4.78 is 0. The van der Waals surface area contributed by atoms with Crippen LogP contribution in [0.2, 0.25) is 0 Å². The molecule has 2 saturated heterocycles. The Hall–Kier alpha value is -1.14. The minimum Gasteiger partial charge on any atom is -0.374 e. The highest BCUT2D eigenvalue weighted by Crippen LogP contribution is 2.27. The first-order valence-electron chi connectivity index (χ1n) is 6.56. The second-order valence-corrected chi connectivity index (χ2v) is 5.10. The fourth-order valence-corrected chi connectivity index (χ4v) is 2.94. The van der Waals surface area contributed by atoms with Crippen LogP contribution in [0.3, 0.4) is 0 Å². The predicted molar refractivity (Wildman–Crippen MR) is 65.3 cm³/mol. The van der Waals surface area contributed by atoms with Gasteiger partial charge in [-0.2, -0.15) is 0 Å². The van der Waals surface area contributed by atoms with Crippen LogP contribution >= 0.6 is 0 Å². The van der Waals surface area contributed by atoms with Crippen molar-refractivity contribution in [3.8, 4) is 0 Å². The van der Waals surface area contributed by atoms with Crippen molar-refractivity contribution in [2.24, 2.45) is 5.73 Å². The van der Waals surface area contributed by atoms with E-state index in [9.17, 15) is 14.7 Å². The molecule has 3 atom stereocenters. The Kier molecular flexibility index (Phi) is 3.87. The molecule has 0 radical (unpaired) electrons.